The summed E-state index contributed by atoms with van der Waals surface area (Å²) in [6.07, 6.45) is 1.04. The first-order chi connectivity index (χ1) is 14.0. The Morgan fingerprint density at radius 3 is 2.30 bits per heavy atom. The van der Waals surface area contributed by atoms with Gasteiger partial charge in [-0.15, -0.1) is 0 Å². The molecule has 0 aromatic carbocycles. The summed E-state index contributed by atoms with van der Waals surface area (Å²) in [5.41, 5.74) is 1.87. The van der Waals surface area contributed by atoms with Crippen LogP contribution in [-0.2, 0) is 17.3 Å². The van der Waals surface area contributed by atoms with Gasteiger partial charge in [-0.2, -0.15) is 0 Å². The van der Waals surface area contributed by atoms with E-state index in [4.69, 9.17) is 13.6 Å². The van der Waals surface area contributed by atoms with Crippen molar-refractivity contribution in [3.63, 3.8) is 0 Å². The van der Waals surface area contributed by atoms with Gasteiger partial charge in [0, 0.05) is 35.4 Å². The molecular formula is C23H31N3O4. The van der Waals surface area contributed by atoms with Gasteiger partial charge in [-0.25, -0.2) is 0 Å². The zero-order valence-electron chi connectivity index (χ0n) is 19.1. The predicted molar refractivity (Wildman–Crippen MR) is 112 cm³/mol. The molecule has 7 heteroatoms. The van der Waals surface area contributed by atoms with Crippen LogP contribution in [0.2, 0.25) is 0 Å². The van der Waals surface area contributed by atoms with Crippen molar-refractivity contribution < 1.29 is 18.4 Å². The van der Waals surface area contributed by atoms with Gasteiger partial charge in [-0.3, -0.25) is 4.79 Å². The van der Waals surface area contributed by atoms with Gasteiger partial charge in [0.15, 0.2) is 5.78 Å². The van der Waals surface area contributed by atoms with E-state index in [1.54, 1.807) is 6.07 Å². The second-order valence-corrected chi connectivity index (χ2v) is 9.40. The van der Waals surface area contributed by atoms with Crippen LogP contribution in [0.15, 0.2) is 25.7 Å². The number of nitrogens with zero attached hydrogens (tertiary/aromatic N) is 3. The molecular weight excluding hydrogens is 382 g/mol. The number of aryl methyl sites for hydroxylation is 1. The van der Waals surface area contributed by atoms with E-state index in [1.807, 2.05) is 61.5 Å². The third-order valence-electron chi connectivity index (χ3n) is 5.65. The minimum atomic E-state index is -0.560. The number of Topliss-reactive ketones (excluding diaryl/α,β-unsaturated/α-hetero) is 1. The van der Waals surface area contributed by atoms with E-state index in [0.717, 1.165) is 29.1 Å². The van der Waals surface area contributed by atoms with Gasteiger partial charge in [0.2, 0.25) is 0 Å². The molecule has 0 unspecified atom stereocenters. The Balaban J connectivity index is 1.86. The molecule has 3 aromatic heterocycles. The van der Waals surface area contributed by atoms with E-state index in [-0.39, 0.29) is 18.1 Å². The third kappa shape index (κ3) is 3.98. The van der Waals surface area contributed by atoms with Crippen molar-refractivity contribution in [1.82, 2.24) is 15.5 Å². The summed E-state index contributed by atoms with van der Waals surface area (Å²) in [5, 5.41) is 12.4. The van der Waals surface area contributed by atoms with E-state index in [2.05, 4.69) is 15.5 Å². The summed E-state index contributed by atoms with van der Waals surface area (Å²) in [6.45, 7) is 16.0. The van der Waals surface area contributed by atoms with Crippen molar-refractivity contribution in [2.24, 2.45) is 0 Å². The zero-order valence-corrected chi connectivity index (χ0v) is 19.1. The quantitative estimate of drug-likeness (QED) is 0.449. The van der Waals surface area contributed by atoms with Gasteiger partial charge in [0.25, 0.3) is 0 Å². The first-order valence-corrected chi connectivity index (χ1v) is 10.4. The molecule has 0 saturated heterocycles. The molecule has 0 atom stereocenters. The standard InChI is InChI=1S/C23H31N3O4/c1-9-15-10-19(29-24-15)23(7,8)20-14(4)21(30-26-20)22(5,6)12-17(27)16-11-18(13(2)3)28-25-16/h10-11,13H,9,12H2,1-8H3. The summed E-state index contributed by atoms with van der Waals surface area (Å²) in [4.78, 5) is 12.8. The van der Waals surface area contributed by atoms with Crippen LogP contribution in [-0.4, -0.2) is 21.3 Å². The van der Waals surface area contributed by atoms with Crippen molar-refractivity contribution in [2.75, 3.05) is 0 Å². The number of carbonyl (C=O) groups is 1. The molecule has 3 heterocycles. The summed E-state index contributed by atoms with van der Waals surface area (Å²) in [5.74, 6) is 2.21. The highest BCUT2D eigenvalue weighted by molar-refractivity contribution is 5.95. The van der Waals surface area contributed by atoms with E-state index < -0.39 is 10.8 Å². The number of aromatic nitrogens is 3. The van der Waals surface area contributed by atoms with Crippen molar-refractivity contribution in [2.45, 2.75) is 85.0 Å². The third-order valence-corrected chi connectivity index (χ3v) is 5.65. The molecule has 0 saturated carbocycles. The summed E-state index contributed by atoms with van der Waals surface area (Å²) in [7, 11) is 0. The predicted octanol–water partition coefficient (Wildman–Crippen LogP) is 5.52. The maximum Gasteiger partial charge on any atom is 0.185 e. The first kappa shape index (κ1) is 22.0. The monoisotopic (exact) mass is 413 g/mol. The number of hydrogen-bond acceptors (Lipinski definition) is 7. The first-order valence-electron chi connectivity index (χ1n) is 10.4. The van der Waals surface area contributed by atoms with Crippen LogP contribution in [0.5, 0.6) is 0 Å². The Hall–Kier alpha value is -2.70. The highest BCUT2D eigenvalue weighted by Gasteiger charge is 2.38. The molecule has 0 spiro atoms. The second kappa shape index (κ2) is 7.85. The molecule has 0 aliphatic carbocycles. The van der Waals surface area contributed by atoms with Crippen LogP contribution < -0.4 is 0 Å². The molecule has 30 heavy (non-hydrogen) atoms. The molecule has 0 fully saturated rings. The lowest BCUT2D eigenvalue weighted by Crippen LogP contribution is -2.24. The molecule has 162 valence electrons. The van der Waals surface area contributed by atoms with Gasteiger partial charge < -0.3 is 13.6 Å². The lowest BCUT2D eigenvalue weighted by molar-refractivity contribution is 0.0940. The van der Waals surface area contributed by atoms with Gasteiger partial charge in [0.05, 0.1) is 16.8 Å². The molecule has 0 aliphatic heterocycles. The van der Waals surface area contributed by atoms with E-state index in [9.17, 15) is 4.79 Å². The summed E-state index contributed by atoms with van der Waals surface area (Å²) < 4.78 is 16.6. The minimum absolute atomic E-state index is 0.0879. The Bertz CT molecular complexity index is 1040. The average molecular weight is 414 g/mol. The molecule has 7 nitrogen and oxygen atoms in total. The molecule has 0 amide bonds. The Morgan fingerprint density at radius 1 is 1.03 bits per heavy atom. The second-order valence-electron chi connectivity index (χ2n) is 9.40. The van der Waals surface area contributed by atoms with Gasteiger partial charge in [-0.05, 0) is 27.2 Å². The van der Waals surface area contributed by atoms with Gasteiger partial charge in [0.1, 0.15) is 23.0 Å². The van der Waals surface area contributed by atoms with Gasteiger partial charge in [-0.1, -0.05) is 50.1 Å². The number of carbonyl (C=O) groups excluding carboxylic acids is 1. The number of ketones is 1. The lowest BCUT2D eigenvalue weighted by atomic mass is 9.78. The van der Waals surface area contributed by atoms with Crippen molar-refractivity contribution in [3.05, 3.63) is 52.1 Å². The van der Waals surface area contributed by atoms with E-state index >= 15 is 0 Å². The van der Waals surface area contributed by atoms with Crippen LogP contribution in [0, 0.1) is 6.92 Å². The average Bonchev–Trinajstić information content (AvgIpc) is 3.40. The highest BCUT2D eigenvalue weighted by Crippen LogP contribution is 2.39. The van der Waals surface area contributed by atoms with Crippen LogP contribution in [0.4, 0.5) is 0 Å². The number of hydrogen-bond donors (Lipinski definition) is 0. The summed E-state index contributed by atoms with van der Waals surface area (Å²) in [6, 6.07) is 3.68. The van der Waals surface area contributed by atoms with E-state index in [0.29, 0.717) is 17.2 Å². The largest absolute Gasteiger partial charge is 0.360 e. The fourth-order valence-corrected chi connectivity index (χ4v) is 3.70. The Labute approximate surface area is 177 Å². The lowest BCUT2D eigenvalue weighted by Gasteiger charge is -2.22. The van der Waals surface area contributed by atoms with Crippen LogP contribution in [0.25, 0.3) is 0 Å². The normalized spacial score (nSPS) is 12.7. The van der Waals surface area contributed by atoms with Crippen molar-refractivity contribution in [1.29, 1.82) is 0 Å². The number of rotatable bonds is 8. The summed E-state index contributed by atoms with van der Waals surface area (Å²) >= 11 is 0. The molecule has 0 aliphatic rings. The molecule has 0 radical (unpaired) electrons. The van der Waals surface area contributed by atoms with Crippen molar-refractivity contribution in [3.8, 4) is 0 Å². The maximum absolute atomic E-state index is 12.8. The van der Waals surface area contributed by atoms with E-state index in [1.165, 1.54) is 0 Å². The van der Waals surface area contributed by atoms with Gasteiger partial charge >= 0.3 is 0 Å². The fourth-order valence-electron chi connectivity index (χ4n) is 3.70. The van der Waals surface area contributed by atoms with Crippen LogP contribution in [0.3, 0.4) is 0 Å². The smallest absolute Gasteiger partial charge is 0.185 e. The highest BCUT2D eigenvalue weighted by atomic mass is 16.5. The zero-order chi connectivity index (χ0) is 22.3. The van der Waals surface area contributed by atoms with Crippen LogP contribution >= 0.6 is 0 Å². The Kier molecular flexibility index (Phi) is 5.76. The molecule has 0 N–H and O–H groups in total. The van der Waals surface area contributed by atoms with Crippen molar-refractivity contribution >= 4 is 5.78 Å². The minimum Gasteiger partial charge on any atom is -0.360 e. The fraction of sp³-hybridized carbons (Fsp3) is 0.565. The van der Waals surface area contributed by atoms with Crippen LogP contribution in [0.1, 0.15) is 106 Å². The SMILES string of the molecule is CCc1cc(C(C)(C)c2noc(C(C)(C)CC(=O)c3cc(C(C)C)on3)c2C)on1. The maximum atomic E-state index is 12.8. The topological polar surface area (TPSA) is 95.2 Å². The molecule has 3 rings (SSSR count). The Morgan fingerprint density at radius 2 is 1.73 bits per heavy atom. The molecule has 0 bridgehead atoms. The molecule has 3 aromatic rings.